The minimum atomic E-state index is -0.977. The highest BCUT2D eigenvalue weighted by atomic mass is 16.4. The van der Waals surface area contributed by atoms with Gasteiger partial charge in [0, 0.05) is 25.2 Å². The second-order valence-electron chi connectivity index (χ2n) is 5.31. The lowest BCUT2D eigenvalue weighted by molar-refractivity contribution is 0.0698. The van der Waals surface area contributed by atoms with Crippen LogP contribution in [0.25, 0.3) is 0 Å². The van der Waals surface area contributed by atoms with Gasteiger partial charge in [-0.3, -0.25) is 4.90 Å². The first-order valence-electron chi connectivity index (χ1n) is 6.50. The number of carbonyl (C=O) groups is 1. The first-order valence-corrected chi connectivity index (χ1v) is 6.50. The zero-order chi connectivity index (χ0) is 14.2. The molecule has 1 saturated heterocycles. The average molecular weight is 263 g/mol. The largest absolute Gasteiger partial charge is 0.478 e. The summed E-state index contributed by atoms with van der Waals surface area (Å²) in [5.74, 6) is -0.977. The van der Waals surface area contributed by atoms with Crippen molar-refractivity contribution in [2.45, 2.75) is 25.9 Å². The predicted molar refractivity (Wildman–Crippen MR) is 76.7 cm³/mol. The number of carboxylic acid groups (broad SMARTS) is 1. The highest BCUT2D eigenvalue weighted by Gasteiger charge is 2.28. The molecule has 3 N–H and O–H groups in total. The Bertz CT molecular complexity index is 478. The molecule has 0 radical (unpaired) electrons. The van der Waals surface area contributed by atoms with Crippen LogP contribution in [0.15, 0.2) is 18.2 Å². The van der Waals surface area contributed by atoms with Gasteiger partial charge in [0.1, 0.15) is 0 Å². The van der Waals surface area contributed by atoms with E-state index in [2.05, 4.69) is 30.7 Å². The van der Waals surface area contributed by atoms with E-state index in [1.807, 2.05) is 6.07 Å². The molecule has 0 bridgehead atoms. The van der Waals surface area contributed by atoms with Crippen molar-refractivity contribution in [1.82, 2.24) is 4.90 Å². The Morgan fingerprint density at radius 3 is 2.42 bits per heavy atom. The Kier molecular flexibility index (Phi) is 3.66. The lowest BCUT2D eigenvalue weighted by Crippen LogP contribution is -2.55. The summed E-state index contributed by atoms with van der Waals surface area (Å²) in [6, 6.07) is 6.02. The molecule has 1 aliphatic rings. The van der Waals surface area contributed by atoms with Gasteiger partial charge in [0.05, 0.1) is 16.9 Å². The van der Waals surface area contributed by atoms with Crippen LogP contribution in [0.5, 0.6) is 0 Å². The highest BCUT2D eigenvalue weighted by molar-refractivity contribution is 5.97. The van der Waals surface area contributed by atoms with E-state index in [1.165, 1.54) is 0 Å². The van der Waals surface area contributed by atoms with Gasteiger partial charge in [0.2, 0.25) is 0 Å². The number of hydrogen-bond donors (Lipinski definition) is 2. The van der Waals surface area contributed by atoms with Crippen molar-refractivity contribution in [3.05, 3.63) is 23.8 Å². The molecule has 1 aromatic carbocycles. The minimum absolute atomic E-state index is 0.178. The summed E-state index contributed by atoms with van der Waals surface area (Å²) >= 11 is 0. The number of nitrogens with two attached hydrogens (primary N) is 1. The van der Waals surface area contributed by atoms with Crippen LogP contribution in [0.3, 0.4) is 0 Å². The van der Waals surface area contributed by atoms with Gasteiger partial charge in [0.25, 0.3) is 0 Å². The predicted octanol–water partition coefficient (Wildman–Crippen LogP) is 1.50. The van der Waals surface area contributed by atoms with Crippen LogP contribution < -0.4 is 10.6 Å². The summed E-state index contributed by atoms with van der Waals surface area (Å²) < 4.78 is 0. The van der Waals surface area contributed by atoms with Gasteiger partial charge in [-0.05, 0) is 33.0 Å². The van der Waals surface area contributed by atoms with Crippen molar-refractivity contribution in [2.24, 2.45) is 0 Å². The number of rotatable bonds is 2. The molecule has 2 unspecified atom stereocenters. The Hall–Kier alpha value is -1.75. The number of likely N-dealkylation sites (N-methyl/N-ethyl adjacent to an activating group) is 1. The standard InChI is InChI=1S/C14H21N3O2/c1-9-7-17(8-10(2)16(9)3)12-6-4-5-11(13(12)15)14(18)19/h4-6,9-10H,7-8,15H2,1-3H3,(H,18,19). The Morgan fingerprint density at radius 2 is 1.89 bits per heavy atom. The van der Waals surface area contributed by atoms with E-state index in [0.29, 0.717) is 17.8 Å². The number of carboxylic acids is 1. The zero-order valence-corrected chi connectivity index (χ0v) is 11.6. The number of para-hydroxylation sites is 1. The van der Waals surface area contributed by atoms with Crippen molar-refractivity contribution < 1.29 is 9.90 Å². The van der Waals surface area contributed by atoms with Gasteiger partial charge in [-0.15, -0.1) is 0 Å². The third-order valence-corrected chi connectivity index (χ3v) is 4.01. The van der Waals surface area contributed by atoms with Crippen molar-refractivity contribution in [3.63, 3.8) is 0 Å². The fourth-order valence-corrected chi connectivity index (χ4v) is 2.62. The normalized spacial score (nSPS) is 24.5. The van der Waals surface area contributed by atoms with Gasteiger partial charge in [0.15, 0.2) is 0 Å². The van der Waals surface area contributed by atoms with Crippen LogP contribution in [0.1, 0.15) is 24.2 Å². The van der Waals surface area contributed by atoms with E-state index >= 15 is 0 Å². The Labute approximate surface area is 113 Å². The molecule has 1 heterocycles. The molecule has 2 atom stereocenters. The lowest BCUT2D eigenvalue weighted by atomic mass is 10.1. The maximum Gasteiger partial charge on any atom is 0.337 e. The van der Waals surface area contributed by atoms with E-state index in [-0.39, 0.29) is 5.56 Å². The van der Waals surface area contributed by atoms with Crippen molar-refractivity contribution in [1.29, 1.82) is 0 Å². The Morgan fingerprint density at radius 1 is 1.32 bits per heavy atom. The monoisotopic (exact) mass is 263 g/mol. The first kappa shape index (κ1) is 13.7. The SMILES string of the molecule is CC1CN(c2cccc(C(=O)O)c2N)CC(C)N1C. The number of nitrogens with zero attached hydrogens (tertiary/aromatic N) is 2. The third kappa shape index (κ3) is 2.51. The van der Waals surface area contributed by atoms with Gasteiger partial charge in [-0.1, -0.05) is 6.07 Å². The second-order valence-corrected chi connectivity index (χ2v) is 5.31. The van der Waals surface area contributed by atoms with Crippen LogP contribution in [0.4, 0.5) is 11.4 Å². The summed E-state index contributed by atoms with van der Waals surface area (Å²) in [7, 11) is 2.11. The van der Waals surface area contributed by atoms with Crippen LogP contribution in [0, 0.1) is 0 Å². The Balaban J connectivity index is 2.32. The fourth-order valence-electron chi connectivity index (χ4n) is 2.62. The minimum Gasteiger partial charge on any atom is -0.478 e. The number of benzene rings is 1. The number of anilines is 2. The topological polar surface area (TPSA) is 69.8 Å². The second kappa shape index (κ2) is 5.09. The van der Waals surface area contributed by atoms with Gasteiger partial charge in [-0.25, -0.2) is 4.79 Å². The molecule has 2 rings (SSSR count). The van der Waals surface area contributed by atoms with Crippen LogP contribution in [-0.2, 0) is 0 Å². The third-order valence-electron chi connectivity index (χ3n) is 4.01. The molecule has 5 nitrogen and oxygen atoms in total. The quantitative estimate of drug-likeness (QED) is 0.791. The molecule has 5 heteroatoms. The van der Waals surface area contributed by atoms with E-state index in [0.717, 1.165) is 18.8 Å². The highest BCUT2D eigenvalue weighted by Crippen LogP contribution is 2.29. The molecular formula is C14H21N3O2. The molecule has 0 amide bonds. The van der Waals surface area contributed by atoms with Crippen molar-refractivity contribution in [3.8, 4) is 0 Å². The molecule has 1 aromatic rings. The molecule has 19 heavy (non-hydrogen) atoms. The summed E-state index contributed by atoms with van der Waals surface area (Å²) in [5.41, 5.74) is 7.37. The smallest absolute Gasteiger partial charge is 0.337 e. The molecular weight excluding hydrogens is 242 g/mol. The molecule has 1 aliphatic heterocycles. The molecule has 1 fully saturated rings. The summed E-state index contributed by atoms with van der Waals surface area (Å²) in [4.78, 5) is 15.6. The average Bonchev–Trinajstić information content (AvgIpc) is 2.35. The van der Waals surface area contributed by atoms with Crippen LogP contribution in [0.2, 0.25) is 0 Å². The molecule has 0 spiro atoms. The number of hydrogen-bond acceptors (Lipinski definition) is 4. The number of piperazine rings is 1. The van der Waals surface area contributed by atoms with E-state index in [1.54, 1.807) is 12.1 Å². The van der Waals surface area contributed by atoms with Gasteiger partial charge in [-0.2, -0.15) is 0 Å². The first-order chi connectivity index (χ1) is 8.91. The molecule has 104 valence electrons. The zero-order valence-electron chi connectivity index (χ0n) is 11.6. The van der Waals surface area contributed by atoms with Crippen LogP contribution in [-0.4, -0.2) is 48.2 Å². The summed E-state index contributed by atoms with van der Waals surface area (Å²) in [6.07, 6.45) is 0. The lowest BCUT2D eigenvalue weighted by Gasteiger charge is -2.43. The van der Waals surface area contributed by atoms with E-state index < -0.39 is 5.97 Å². The summed E-state index contributed by atoms with van der Waals surface area (Å²) in [6.45, 7) is 6.04. The fraction of sp³-hybridized carbons (Fsp3) is 0.500. The van der Waals surface area contributed by atoms with Crippen molar-refractivity contribution in [2.75, 3.05) is 30.8 Å². The van der Waals surface area contributed by atoms with E-state index in [9.17, 15) is 4.79 Å². The maximum absolute atomic E-state index is 11.1. The number of nitrogen functional groups attached to an aromatic ring is 1. The van der Waals surface area contributed by atoms with Crippen LogP contribution >= 0.6 is 0 Å². The number of aromatic carboxylic acids is 1. The molecule has 0 aromatic heterocycles. The summed E-state index contributed by atoms with van der Waals surface area (Å²) in [5, 5.41) is 9.13. The molecule has 0 saturated carbocycles. The van der Waals surface area contributed by atoms with Crippen molar-refractivity contribution >= 4 is 17.3 Å². The maximum atomic E-state index is 11.1. The van der Waals surface area contributed by atoms with Gasteiger partial charge < -0.3 is 15.7 Å². The van der Waals surface area contributed by atoms with E-state index in [4.69, 9.17) is 10.8 Å². The molecule has 0 aliphatic carbocycles. The van der Waals surface area contributed by atoms with Gasteiger partial charge >= 0.3 is 5.97 Å².